The summed E-state index contributed by atoms with van der Waals surface area (Å²) in [6.07, 6.45) is 3.36. The third-order valence-electron chi connectivity index (χ3n) is 3.91. The SMILES string of the molecule is CC1CCC(Oc2ccc(C#N)c(F)c2)CC1C. The molecule has 0 spiro atoms. The Morgan fingerprint density at radius 1 is 1.28 bits per heavy atom. The lowest BCUT2D eigenvalue weighted by Gasteiger charge is -2.32. The van der Waals surface area contributed by atoms with Crippen LogP contribution in [0.2, 0.25) is 0 Å². The summed E-state index contributed by atoms with van der Waals surface area (Å²) in [6, 6.07) is 6.26. The minimum atomic E-state index is -0.507. The second kappa shape index (κ2) is 5.39. The predicted molar refractivity (Wildman–Crippen MR) is 67.7 cm³/mol. The van der Waals surface area contributed by atoms with Gasteiger partial charge < -0.3 is 4.74 Å². The largest absolute Gasteiger partial charge is 0.490 e. The van der Waals surface area contributed by atoms with E-state index in [1.807, 2.05) is 6.07 Å². The summed E-state index contributed by atoms with van der Waals surface area (Å²) in [7, 11) is 0. The first-order valence-electron chi connectivity index (χ1n) is 6.46. The van der Waals surface area contributed by atoms with Crippen LogP contribution in [0, 0.1) is 29.0 Å². The minimum absolute atomic E-state index is 0.0629. The maximum absolute atomic E-state index is 13.4. The van der Waals surface area contributed by atoms with Gasteiger partial charge in [-0.25, -0.2) is 4.39 Å². The molecule has 0 radical (unpaired) electrons. The van der Waals surface area contributed by atoms with E-state index in [-0.39, 0.29) is 11.7 Å². The molecule has 3 unspecified atom stereocenters. The molecular formula is C15H18FNO. The quantitative estimate of drug-likeness (QED) is 0.794. The number of halogens is 1. The molecule has 1 aliphatic rings. The van der Waals surface area contributed by atoms with Gasteiger partial charge in [-0.2, -0.15) is 5.26 Å². The van der Waals surface area contributed by atoms with E-state index < -0.39 is 5.82 Å². The molecule has 3 heteroatoms. The topological polar surface area (TPSA) is 33.0 Å². The third-order valence-corrected chi connectivity index (χ3v) is 3.91. The summed E-state index contributed by atoms with van der Waals surface area (Å²) < 4.78 is 19.2. The Balaban J connectivity index is 2.02. The monoisotopic (exact) mass is 247 g/mol. The lowest BCUT2D eigenvalue weighted by Crippen LogP contribution is -2.28. The maximum Gasteiger partial charge on any atom is 0.144 e. The smallest absolute Gasteiger partial charge is 0.144 e. The number of nitriles is 1. The van der Waals surface area contributed by atoms with Gasteiger partial charge >= 0.3 is 0 Å². The number of hydrogen-bond donors (Lipinski definition) is 0. The highest BCUT2D eigenvalue weighted by Crippen LogP contribution is 2.32. The van der Waals surface area contributed by atoms with Crippen molar-refractivity contribution in [3.8, 4) is 11.8 Å². The van der Waals surface area contributed by atoms with Crippen molar-refractivity contribution in [2.45, 2.75) is 39.2 Å². The molecule has 0 heterocycles. The van der Waals surface area contributed by atoms with Gasteiger partial charge in [0.2, 0.25) is 0 Å². The molecule has 0 amide bonds. The van der Waals surface area contributed by atoms with E-state index in [9.17, 15) is 4.39 Å². The van der Waals surface area contributed by atoms with Crippen LogP contribution in [0.15, 0.2) is 18.2 Å². The molecule has 1 saturated carbocycles. The fourth-order valence-electron chi connectivity index (χ4n) is 2.46. The molecule has 0 saturated heterocycles. The average Bonchev–Trinajstić information content (AvgIpc) is 2.34. The molecule has 0 N–H and O–H groups in total. The predicted octanol–water partition coefficient (Wildman–Crippen LogP) is 3.90. The summed E-state index contributed by atoms with van der Waals surface area (Å²) in [6.45, 7) is 4.50. The van der Waals surface area contributed by atoms with Gasteiger partial charge in [-0.15, -0.1) is 0 Å². The van der Waals surface area contributed by atoms with E-state index in [0.717, 1.165) is 25.2 Å². The molecule has 2 nitrogen and oxygen atoms in total. The van der Waals surface area contributed by atoms with Crippen molar-refractivity contribution >= 4 is 0 Å². The van der Waals surface area contributed by atoms with Crippen molar-refractivity contribution in [1.82, 2.24) is 0 Å². The van der Waals surface area contributed by atoms with E-state index in [1.165, 1.54) is 12.1 Å². The number of hydrogen-bond acceptors (Lipinski definition) is 2. The summed E-state index contributed by atoms with van der Waals surface area (Å²) in [4.78, 5) is 0. The minimum Gasteiger partial charge on any atom is -0.490 e. The Morgan fingerprint density at radius 3 is 2.67 bits per heavy atom. The summed E-state index contributed by atoms with van der Waals surface area (Å²) in [5, 5.41) is 8.66. The standard InChI is InChI=1S/C15H18FNO/c1-10-3-5-13(7-11(10)2)18-14-6-4-12(9-17)15(16)8-14/h4,6,8,10-11,13H,3,5,7H2,1-2H3. The van der Waals surface area contributed by atoms with Gasteiger partial charge in [-0.3, -0.25) is 0 Å². The Labute approximate surface area is 107 Å². The van der Waals surface area contributed by atoms with E-state index in [0.29, 0.717) is 11.7 Å². The van der Waals surface area contributed by atoms with Gasteiger partial charge in [0.05, 0.1) is 11.7 Å². The van der Waals surface area contributed by atoms with Crippen LogP contribution in [-0.4, -0.2) is 6.10 Å². The van der Waals surface area contributed by atoms with Gasteiger partial charge in [0.15, 0.2) is 0 Å². The van der Waals surface area contributed by atoms with E-state index in [4.69, 9.17) is 10.00 Å². The first-order valence-corrected chi connectivity index (χ1v) is 6.46. The van der Waals surface area contributed by atoms with Gasteiger partial charge in [0.1, 0.15) is 17.6 Å². The molecule has 18 heavy (non-hydrogen) atoms. The van der Waals surface area contributed by atoms with Crippen molar-refractivity contribution in [2.75, 3.05) is 0 Å². The molecule has 96 valence electrons. The second-order valence-corrected chi connectivity index (χ2v) is 5.26. The fourth-order valence-corrected chi connectivity index (χ4v) is 2.46. The highest BCUT2D eigenvalue weighted by molar-refractivity contribution is 5.36. The van der Waals surface area contributed by atoms with Crippen molar-refractivity contribution in [3.05, 3.63) is 29.6 Å². The normalized spacial score (nSPS) is 27.6. The molecule has 0 bridgehead atoms. The Hall–Kier alpha value is -1.56. The van der Waals surface area contributed by atoms with E-state index in [2.05, 4.69) is 13.8 Å². The molecule has 1 aliphatic carbocycles. The highest BCUT2D eigenvalue weighted by atomic mass is 19.1. The van der Waals surface area contributed by atoms with Gasteiger partial charge in [-0.1, -0.05) is 13.8 Å². The van der Waals surface area contributed by atoms with Crippen LogP contribution in [-0.2, 0) is 0 Å². The summed E-state index contributed by atoms with van der Waals surface area (Å²) in [5.74, 6) is 1.40. The maximum atomic E-state index is 13.4. The Morgan fingerprint density at radius 2 is 2.06 bits per heavy atom. The lowest BCUT2D eigenvalue weighted by atomic mass is 9.80. The van der Waals surface area contributed by atoms with Crippen LogP contribution in [0.1, 0.15) is 38.7 Å². The van der Waals surface area contributed by atoms with Crippen LogP contribution in [0.3, 0.4) is 0 Å². The van der Waals surface area contributed by atoms with Crippen LogP contribution >= 0.6 is 0 Å². The van der Waals surface area contributed by atoms with Crippen molar-refractivity contribution < 1.29 is 9.13 Å². The van der Waals surface area contributed by atoms with Crippen LogP contribution in [0.25, 0.3) is 0 Å². The van der Waals surface area contributed by atoms with Gasteiger partial charge in [0.25, 0.3) is 0 Å². The fraction of sp³-hybridized carbons (Fsp3) is 0.533. The number of nitrogens with zero attached hydrogens (tertiary/aromatic N) is 1. The van der Waals surface area contributed by atoms with Gasteiger partial charge in [-0.05, 0) is 43.2 Å². The first kappa shape index (κ1) is 12.9. The molecule has 1 aromatic rings. The number of benzene rings is 1. The molecular weight excluding hydrogens is 229 g/mol. The average molecular weight is 247 g/mol. The van der Waals surface area contributed by atoms with Crippen LogP contribution in [0.5, 0.6) is 5.75 Å². The van der Waals surface area contributed by atoms with Crippen molar-refractivity contribution in [3.63, 3.8) is 0 Å². The summed E-state index contributed by atoms with van der Waals surface area (Å²) >= 11 is 0. The molecule has 3 atom stereocenters. The first-order chi connectivity index (χ1) is 8.60. The Kier molecular flexibility index (Phi) is 3.86. The van der Waals surface area contributed by atoms with Gasteiger partial charge in [0, 0.05) is 6.07 Å². The zero-order valence-electron chi connectivity index (χ0n) is 10.8. The number of rotatable bonds is 2. The zero-order chi connectivity index (χ0) is 13.1. The van der Waals surface area contributed by atoms with Crippen molar-refractivity contribution in [2.24, 2.45) is 11.8 Å². The lowest BCUT2D eigenvalue weighted by molar-refractivity contribution is 0.100. The molecule has 2 rings (SSSR count). The van der Waals surface area contributed by atoms with Crippen LogP contribution in [0.4, 0.5) is 4.39 Å². The molecule has 1 fully saturated rings. The summed E-state index contributed by atoms with van der Waals surface area (Å²) in [5.41, 5.74) is 0.0629. The third kappa shape index (κ3) is 2.81. The molecule has 1 aromatic carbocycles. The molecule has 0 aromatic heterocycles. The molecule has 0 aliphatic heterocycles. The van der Waals surface area contributed by atoms with E-state index >= 15 is 0 Å². The highest BCUT2D eigenvalue weighted by Gasteiger charge is 2.25. The number of ether oxygens (including phenoxy) is 1. The zero-order valence-corrected chi connectivity index (χ0v) is 10.8. The Bertz CT molecular complexity index is 466. The van der Waals surface area contributed by atoms with Crippen molar-refractivity contribution in [1.29, 1.82) is 5.26 Å². The second-order valence-electron chi connectivity index (χ2n) is 5.26. The van der Waals surface area contributed by atoms with Crippen LogP contribution < -0.4 is 4.74 Å². The van der Waals surface area contributed by atoms with E-state index in [1.54, 1.807) is 6.07 Å².